The van der Waals surface area contributed by atoms with Crippen molar-refractivity contribution in [2.75, 3.05) is 30.3 Å². The Morgan fingerprint density at radius 1 is 1.35 bits per heavy atom. The molecule has 0 radical (unpaired) electrons. The molecule has 0 bridgehead atoms. The number of nitrogens with one attached hydrogen (secondary N) is 2. The van der Waals surface area contributed by atoms with Gasteiger partial charge >= 0.3 is 6.09 Å². The van der Waals surface area contributed by atoms with Gasteiger partial charge in [-0.1, -0.05) is 6.07 Å². The van der Waals surface area contributed by atoms with Crippen LogP contribution in [0.5, 0.6) is 0 Å². The van der Waals surface area contributed by atoms with Crippen molar-refractivity contribution in [1.29, 1.82) is 0 Å². The van der Waals surface area contributed by atoms with Crippen LogP contribution in [0.1, 0.15) is 19.8 Å². The lowest BCUT2D eigenvalue weighted by atomic mass is 10.1. The van der Waals surface area contributed by atoms with Gasteiger partial charge in [-0.15, -0.1) is 0 Å². The van der Waals surface area contributed by atoms with Gasteiger partial charge in [0, 0.05) is 31.0 Å². The Labute approximate surface area is 151 Å². The van der Waals surface area contributed by atoms with E-state index in [-0.39, 0.29) is 18.0 Å². The first-order valence-corrected chi connectivity index (χ1v) is 8.68. The summed E-state index contributed by atoms with van der Waals surface area (Å²) in [5.74, 6) is 0.760. The van der Waals surface area contributed by atoms with Crippen molar-refractivity contribution in [2.45, 2.75) is 25.8 Å². The zero-order chi connectivity index (χ0) is 18.4. The van der Waals surface area contributed by atoms with E-state index in [0.29, 0.717) is 37.1 Å². The first-order chi connectivity index (χ1) is 12.6. The van der Waals surface area contributed by atoms with Gasteiger partial charge in [0.1, 0.15) is 11.6 Å². The second-order valence-electron chi connectivity index (χ2n) is 6.01. The predicted octanol–water partition coefficient (Wildman–Crippen LogP) is 3.39. The molecule has 7 nitrogen and oxygen atoms in total. The van der Waals surface area contributed by atoms with Crippen molar-refractivity contribution in [3.05, 3.63) is 42.3 Å². The maximum absolute atomic E-state index is 13.3. The summed E-state index contributed by atoms with van der Waals surface area (Å²) in [6, 6.07) is 8.14. The largest absolute Gasteiger partial charge is 0.450 e. The summed E-state index contributed by atoms with van der Waals surface area (Å²) >= 11 is 0. The molecule has 0 spiro atoms. The summed E-state index contributed by atoms with van der Waals surface area (Å²) in [6.45, 7) is 3.49. The van der Waals surface area contributed by atoms with Crippen LogP contribution >= 0.6 is 0 Å². The SMILES string of the molecule is CCOC(=O)N1CCC(Nc2ccnc(Nc3cccc(F)c3)n2)CC1. The van der Waals surface area contributed by atoms with E-state index in [1.54, 1.807) is 36.2 Å². The Balaban J connectivity index is 1.55. The van der Waals surface area contributed by atoms with Crippen LogP contribution in [-0.4, -0.2) is 46.7 Å². The Hall–Kier alpha value is -2.90. The lowest BCUT2D eigenvalue weighted by Gasteiger charge is -2.31. The number of nitrogens with zero attached hydrogens (tertiary/aromatic N) is 3. The third kappa shape index (κ3) is 4.81. The topological polar surface area (TPSA) is 79.4 Å². The maximum atomic E-state index is 13.3. The first-order valence-electron chi connectivity index (χ1n) is 8.68. The van der Waals surface area contributed by atoms with Crippen molar-refractivity contribution < 1.29 is 13.9 Å². The van der Waals surface area contributed by atoms with Gasteiger partial charge in [-0.3, -0.25) is 0 Å². The first kappa shape index (κ1) is 17.9. The smallest absolute Gasteiger partial charge is 0.409 e. The zero-order valence-corrected chi connectivity index (χ0v) is 14.6. The van der Waals surface area contributed by atoms with Crippen LogP contribution in [0.25, 0.3) is 0 Å². The molecule has 8 heteroatoms. The quantitative estimate of drug-likeness (QED) is 0.852. The summed E-state index contributed by atoms with van der Waals surface area (Å²) in [4.78, 5) is 22.0. The van der Waals surface area contributed by atoms with Gasteiger partial charge in [0.25, 0.3) is 0 Å². The van der Waals surface area contributed by atoms with Crippen LogP contribution in [0, 0.1) is 5.82 Å². The normalized spacial score (nSPS) is 14.8. The van der Waals surface area contributed by atoms with E-state index in [1.165, 1.54) is 12.1 Å². The molecule has 1 saturated heterocycles. The average Bonchev–Trinajstić information content (AvgIpc) is 2.63. The molecule has 1 aliphatic heterocycles. The van der Waals surface area contributed by atoms with Crippen LogP contribution < -0.4 is 10.6 Å². The number of aromatic nitrogens is 2. The highest BCUT2D eigenvalue weighted by molar-refractivity contribution is 5.67. The van der Waals surface area contributed by atoms with Gasteiger partial charge in [0.2, 0.25) is 5.95 Å². The van der Waals surface area contributed by atoms with E-state index in [0.717, 1.165) is 12.8 Å². The summed E-state index contributed by atoms with van der Waals surface area (Å²) in [7, 11) is 0. The second kappa shape index (κ2) is 8.46. The van der Waals surface area contributed by atoms with Crippen LogP contribution in [0.15, 0.2) is 36.5 Å². The van der Waals surface area contributed by atoms with Gasteiger partial charge in [-0.05, 0) is 44.0 Å². The number of rotatable bonds is 5. The minimum atomic E-state index is -0.322. The van der Waals surface area contributed by atoms with E-state index < -0.39 is 0 Å². The molecule has 26 heavy (non-hydrogen) atoms. The molecule has 1 fully saturated rings. The second-order valence-corrected chi connectivity index (χ2v) is 6.01. The zero-order valence-electron chi connectivity index (χ0n) is 14.6. The highest BCUT2D eigenvalue weighted by atomic mass is 19.1. The molecule has 2 heterocycles. The summed E-state index contributed by atoms with van der Waals surface area (Å²) < 4.78 is 18.3. The summed E-state index contributed by atoms with van der Waals surface area (Å²) in [6.07, 6.45) is 3.02. The number of carbonyl (C=O) groups is 1. The molecular formula is C18H22FN5O2. The predicted molar refractivity (Wildman–Crippen MR) is 97.0 cm³/mol. The number of likely N-dealkylation sites (tertiary alicyclic amines) is 1. The molecule has 138 valence electrons. The molecule has 2 aromatic rings. The molecule has 0 aliphatic carbocycles. The van der Waals surface area contributed by atoms with E-state index in [4.69, 9.17) is 4.74 Å². The molecule has 3 rings (SSSR count). The van der Waals surface area contributed by atoms with Crippen LogP contribution in [0.4, 0.5) is 26.6 Å². The van der Waals surface area contributed by atoms with Gasteiger partial charge in [-0.25, -0.2) is 14.2 Å². The van der Waals surface area contributed by atoms with Crippen molar-refractivity contribution in [3.8, 4) is 0 Å². The highest BCUT2D eigenvalue weighted by Gasteiger charge is 2.23. The minimum absolute atomic E-state index is 0.220. The number of hydrogen-bond donors (Lipinski definition) is 2. The van der Waals surface area contributed by atoms with Crippen molar-refractivity contribution in [3.63, 3.8) is 0 Å². The van der Waals surface area contributed by atoms with Crippen molar-refractivity contribution >= 4 is 23.5 Å². The molecule has 0 saturated carbocycles. The maximum Gasteiger partial charge on any atom is 0.409 e. The number of carbonyl (C=O) groups excluding carboxylic acids is 1. The standard InChI is InChI=1S/C18H22FN5O2/c1-2-26-18(25)24-10-7-14(8-11-24)21-16-6-9-20-17(23-16)22-15-5-3-4-13(19)12-15/h3-6,9,12,14H,2,7-8,10-11H2,1H3,(H2,20,21,22,23). The molecule has 0 unspecified atom stereocenters. The highest BCUT2D eigenvalue weighted by Crippen LogP contribution is 2.18. The lowest BCUT2D eigenvalue weighted by Crippen LogP contribution is -2.42. The minimum Gasteiger partial charge on any atom is -0.450 e. The molecule has 1 aromatic heterocycles. The number of ether oxygens (including phenoxy) is 1. The fourth-order valence-corrected chi connectivity index (χ4v) is 2.82. The number of anilines is 3. The van der Waals surface area contributed by atoms with E-state index in [2.05, 4.69) is 20.6 Å². The molecular weight excluding hydrogens is 337 g/mol. The number of amides is 1. The van der Waals surface area contributed by atoms with E-state index in [1.807, 2.05) is 0 Å². The summed E-state index contributed by atoms with van der Waals surface area (Å²) in [5.41, 5.74) is 0.588. The van der Waals surface area contributed by atoms with Gasteiger partial charge in [-0.2, -0.15) is 4.98 Å². The fraction of sp³-hybridized carbons (Fsp3) is 0.389. The number of benzene rings is 1. The van der Waals surface area contributed by atoms with Gasteiger partial charge in [0.05, 0.1) is 6.61 Å². The Morgan fingerprint density at radius 3 is 2.88 bits per heavy atom. The summed E-state index contributed by atoms with van der Waals surface area (Å²) in [5, 5.41) is 6.35. The van der Waals surface area contributed by atoms with E-state index in [9.17, 15) is 9.18 Å². The fourth-order valence-electron chi connectivity index (χ4n) is 2.82. The Morgan fingerprint density at radius 2 is 2.15 bits per heavy atom. The third-order valence-electron chi connectivity index (χ3n) is 4.11. The lowest BCUT2D eigenvalue weighted by molar-refractivity contribution is 0.0983. The average molecular weight is 359 g/mol. The number of hydrogen-bond acceptors (Lipinski definition) is 6. The van der Waals surface area contributed by atoms with E-state index >= 15 is 0 Å². The Bertz CT molecular complexity index is 750. The molecule has 1 aromatic carbocycles. The monoisotopic (exact) mass is 359 g/mol. The number of halogens is 1. The Kier molecular flexibility index (Phi) is 5.83. The van der Waals surface area contributed by atoms with Crippen LogP contribution in [0.3, 0.4) is 0 Å². The van der Waals surface area contributed by atoms with Gasteiger partial charge < -0.3 is 20.3 Å². The van der Waals surface area contributed by atoms with Crippen molar-refractivity contribution in [2.24, 2.45) is 0 Å². The molecule has 2 N–H and O–H groups in total. The van der Waals surface area contributed by atoms with Crippen LogP contribution in [0.2, 0.25) is 0 Å². The molecule has 1 aliphatic rings. The molecule has 1 amide bonds. The number of piperidine rings is 1. The van der Waals surface area contributed by atoms with Gasteiger partial charge in [0.15, 0.2) is 0 Å². The van der Waals surface area contributed by atoms with Crippen molar-refractivity contribution in [1.82, 2.24) is 14.9 Å². The van der Waals surface area contributed by atoms with Crippen LogP contribution in [-0.2, 0) is 4.74 Å². The molecule has 0 atom stereocenters. The third-order valence-corrected chi connectivity index (χ3v) is 4.11.